The summed E-state index contributed by atoms with van der Waals surface area (Å²) < 4.78 is 26.2. The van der Waals surface area contributed by atoms with E-state index in [0.717, 1.165) is 18.4 Å². The van der Waals surface area contributed by atoms with Gasteiger partial charge in [0, 0.05) is 62.8 Å². The number of aryl methyl sites for hydroxylation is 1. The Morgan fingerprint density at radius 3 is 2.52 bits per heavy atom. The molecular weight excluding hydrogens is 445 g/mol. The summed E-state index contributed by atoms with van der Waals surface area (Å²) in [5.74, 6) is 0.0836. The van der Waals surface area contributed by atoms with Crippen LogP contribution < -0.4 is 5.56 Å². The molecule has 0 N–H and O–H groups in total. The van der Waals surface area contributed by atoms with Crippen LogP contribution in [0.3, 0.4) is 0 Å². The van der Waals surface area contributed by atoms with Gasteiger partial charge in [0.2, 0.25) is 5.91 Å². The molecule has 178 valence electrons. The van der Waals surface area contributed by atoms with Crippen molar-refractivity contribution in [2.45, 2.75) is 50.0 Å². The molecule has 4 rings (SSSR count). The molecule has 0 unspecified atom stereocenters. The van der Waals surface area contributed by atoms with Crippen molar-refractivity contribution in [3.8, 4) is 0 Å². The molecule has 0 radical (unpaired) electrons. The summed E-state index contributed by atoms with van der Waals surface area (Å²) >= 11 is 1.49. The maximum absolute atomic E-state index is 13.2. The van der Waals surface area contributed by atoms with Crippen LogP contribution in [-0.2, 0) is 27.7 Å². The van der Waals surface area contributed by atoms with Crippen LogP contribution in [-0.4, -0.2) is 58.2 Å². The molecule has 33 heavy (non-hydrogen) atoms. The zero-order chi connectivity index (χ0) is 23.4. The SMILES string of the molecule is Cc1nc(SCCCC(=O)N2CCC3(CC2)OCCO3)n(C)c(=O)c1Cc1ccc(F)cc1. The fraction of sp³-hybridized carbons (Fsp3) is 0.542. The van der Waals surface area contributed by atoms with Gasteiger partial charge in [0.05, 0.1) is 13.2 Å². The van der Waals surface area contributed by atoms with Crippen LogP contribution in [0.1, 0.15) is 42.5 Å². The number of likely N-dealkylation sites (tertiary alicyclic amines) is 1. The van der Waals surface area contributed by atoms with Crippen LogP contribution in [0, 0.1) is 12.7 Å². The minimum Gasteiger partial charge on any atom is -0.347 e. The zero-order valence-corrected chi connectivity index (χ0v) is 20.0. The lowest BCUT2D eigenvalue weighted by Gasteiger charge is -2.37. The van der Waals surface area contributed by atoms with Crippen molar-refractivity contribution in [2.24, 2.45) is 7.05 Å². The molecule has 2 aromatic rings. The molecule has 1 aromatic heterocycles. The fourth-order valence-corrected chi connectivity index (χ4v) is 5.25. The average molecular weight is 476 g/mol. The number of rotatable bonds is 7. The topological polar surface area (TPSA) is 73.7 Å². The van der Waals surface area contributed by atoms with Crippen molar-refractivity contribution < 1.29 is 18.7 Å². The molecule has 0 saturated carbocycles. The summed E-state index contributed by atoms with van der Waals surface area (Å²) in [5, 5.41) is 0.642. The number of piperidine rings is 1. The van der Waals surface area contributed by atoms with Gasteiger partial charge in [-0.15, -0.1) is 0 Å². The fourth-order valence-electron chi connectivity index (χ4n) is 4.30. The van der Waals surface area contributed by atoms with E-state index in [1.807, 2.05) is 11.8 Å². The van der Waals surface area contributed by atoms with Gasteiger partial charge >= 0.3 is 0 Å². The highest BCUT2D eigenvalue weighted by atomic mass is 32.2. The van der Waals surface area contributed by atoms with Crippen LogP contribution in [0.5, 0.6) is 0 Å². The van der Waals surface area contributed by atoms with Gasteiger partial charge in [-0.3, -0.25) is 14.2 Å². The van der Waals surface area contributed by atoms with E-state index in [1.54, 1.807) is 23.7 Å². The molecular formula is C24H30FN3O4S. The van der Waals surface area contributed by atoms with E-state index in [-0.39, 0.29) is 17.3 Å². The number of hydrogen-bond acceptors (Lipinski definition) is 6. The first-order valence-electron chi connectivity index (χ1n) is 11.4. The van der Waals surface area contributed by atoms with Crippen LogP contribution in [0.15, 0.2) is 34.2 Å². The average Bonchev–Trinajstić information content (AvgIpc) is 3.26. The Bertz CT molecular complexity index is 1040. The van der Waals surface area contributed by atoms with Crippen molar-refractivity contribution in [2.75, 3.05) is 32.1 Å². The Balaban J connectivity index is 1.27. The first-order valence-corrected chi connectivity index (χ1v) is 12.3. The molecule has 2 aliphatic rings. The number of thioether (sulfide) groups is 1. The maximum atomic E-state index is 13.2. The maximum Gasteiger partial charge on any atom is 0.257 e. The van der Waals surface area contributed by atoms with Crippen molar-refractivity contribution in [1.29, 1.82) is 0 Å². The summed E-state index contributed by atoms with van der Waals surface area (Å²) in [6.45, 7) is 4.42. The molecule has 2 aliphatic heterocycles. The Labute approximate surface area is 197 Å². The second kappa shape index (κ2) is 10.4. The molecule has 9 heteroatoms. The number of halogens is 1. The third-order valence-electron chi connectivity index (χ3n) is 6.30. The third-order valence-corrected chi connectivity index (χ3v) is 7.42. The molecule has 1 aromatic carbocycles. The van der Waals surface area contributed by atoms with Crippen LogP contribution >= 0.6 is 11.8 Å². The van der Waals surface area contributed by atoms with E-state index >= 15 is 0 Å². The second-order valence-corrected chi connectivity index (χ2v) is 9.63. The highest BCUT2D eigenvalue weighted by molar-refractivity contribution is 7.99. The molecule has 7 nitrogen and oxygen atoms in total. The Morgan fingerprint density at radius 1 is 1.18 bits per heavy atom. The minimum absolute atomic E-state index is 0.0935. The van der Waals surface area contributed by atoms with Gasteiger partial charge < -0.3 is 14.4 Å². The largest absolute Gasteiger partial charge is 0.347 e. The summed E-state index contributed by atoms with van der Waals surface area (Å²) in [6.07, 6.45) is 3.05. The van der Waals surface area contributed by atoms with Crippen molar-refractivity contribution >= 4 is 17.7 Å². The van der Waals surface area contributed by atoms with Gasteiger partial charge in [0.25, 0.3) is 5.56 Å². The highest BCUT2D eigenvalue weighted by Crippen LogP contribution is 2.31. The number of carbonyl (C=O) groups excluding carboxylic acids is 1. The molecule has 2 saturated heterocycles. The van der Waals surface area contributed by atoms with E-state index in [9.17, 15) is 14.0 Å². The zero-order valence-electron chi connectivity index (χ0n) is 19.1. The van der Waals surface area contributed by atoms with Gasteiger partial charge in [-0.05, 0) is 31.0 Å². The summed E-state index contributed by atoms with van der Waals surface area (Å²) in [7, 11) is 1.72. The summed E-state index contributed by atoms with van der Waals surface area (Å²) in [6, 6.07) is 6.16. The second-order valence-electron chi connectivity index (χ2n) is 8.57. The molecule has 1 spiro atoms. The summed E-state index contributed by atoms with van der Waals surface area (Å²) in [5.41, 5.74) is 2.07. The molecule has 0 atom stereocenters. The lowest BCUT2D eigenvalue weighted by atomic mass is 10.0. The molecule has 0 bridgehead atoms. The monoisotopic (exact) mass is 475 g/mol. The molecule has 0 aliphatic carbocycles. The highest BCUT2D eigenvalue weighted by Gasteiger charge is 2.40. The molecule has 2 fully saturated rings. The van der Waals surface area contributed by atoms with Crippen molar-refractivity contribution in [3.63, 3.8) is 0 Å². The first kappa shape index (κ1) is 23.9. The normalized spacial score (nSPS) is 17.6. The third kappa shape index (κ3) is 5.65. The molecule has 3 heterocycles. The van der Waals surface area contributed by atoms with Gasteiger partial charge in [-0.25, -0.2) is 9.37 Å². The first-order chi connectivity index (χ1) is 15.9. The Kier molecular flexibility index (Phi) is 7.51. The number of aromatic nitrogens is 2. The van der Waals surface area contributed by atoms with E-state index in [4.69, 9.17) is 9.47 Å². The Morgan fingerprint density at radius 2 is 1.85 bits per heavy atom. The minimum atomic E-state index is -0.468. The lowest BCUT2D eigenvalue weighted by Crippen LogP contribution is -2.47. The quantitative estimate of drug-likeness (QED) is 0.348. The standard InChI is InChI=1S/C24H30FN3O4S/c1-17-20(16-18-5-7-19(25)8-6-18)22(30)27(2)23(26-17)33-15-3-4-21(29)28-11-9-24(10-12-28)31-13-14-32-24/h5-8H,3-4,9-16H2,1-2H3. The number of amides is 1. The smallest absolute Gasteiger partial charge is 0.257 e. The number of carbonyl (C=O) groups is 1. The predicted molar refractivity (Wildman–Crippen MR) is 124 cm³/mol. The number of ether oxygens (including phenoxy) is 2. The Hall–Kier alpha value is -2.23. The van der Waals surface area contributed by atoms with Gasteiger partial charge in [0.1, 0.15) is 5.82 Å². The van der Waals surface area contributed by atoms with Crippen molar-refractivity contribution in [3.05, 3.63) is 57.3 Å². The van der Waals surface area contributed by atoms with Gasteiger partial charge in [0.15, 0.2) is 10.9 Å². The lowest BCUT2D eigenvalue weighted by molar-refractivity contribution is -0.187. The van der Waals surface area contributed by atoms with E-state index in [2.05, 4.69) is 4.98 Å². The molecule has 1 amide bonds. The summed E-state index contributed by atoms with van der Waals surface area (Å²) in [4.78, 5) is 32.0. The van der Waals surface area contributed by atoms with E-state index in [0.29, 0.717) is 67.7 Å². The van der Waals surface area contributed by atoms with E-state index in [1.165, 1.54) is 23.9 Å². The number of benzene rings is 1. The number of nitrogens with zero attached hydrogens (tertiary/aromatic N) is 3. The van der Waals surface area contributed by atoms with Crippen LogP contribution in [0.4, 0.5) is 4.39 Å². The van der Waals surface area contributed by atoms with Gasteiger partial charge in [-0.2, -0.15) is 0 Å². The van der Waals surface area contributed by atoms with Gasteiger partial charge in [-0.1, -0.05) is 23.9 Å². The van der Waals surface area contributed by atoms with E-state index < -0.39 is 5.79 Å². The predicted octanol–water partition coefficient (Wildman–Crippen LogP) is 3.06. The number of hydrogen-bond donors (Lipinski definition) is 0. The van der Waals surface area contributed by atoms with Crippen LogP contribution in [0.25, 0.3) is 0 Å². The van der Waals surface area contributed by atoms with Crippen molar-refractivity contribution in [1.82, 2.24) is 14.5 Å². The van der Waals surface area contributed by atoms with Crippen LogP contribution in [0.2, 0.25) is 0 Å².